The van der Waals surface area contributed by atoms with E-state index >= 15 is 0 Å². The highest BCUT2D eigenvalue weighted by Crippen LogP contribution is 2.21. The van der Waals surface area contributed by atoms with Gasteiger partial charge in [-0.3, -0.25) is 0 Å². The first-order chi connectivity index (χ1) is 9.33. The second-order valence-electron chi connectivity index (χ2n) is 5.29. The summed E-state index contributed by atoms with van der Waals surface area (Å²) in [6.45, 7) is 6.05. The van der Waals surface area contributed by atoms with Crippen LogP contribution in [0.1, 0.15) is 20.8 Å². The fourth-order valence-electron chi connectivity index (χ4n) is 1.50. The molecule has 0 atom stereocenters. The zero-order chi connectivity index (χ0) is 14.8. The van der Waals surface area contributed by atoms with Crippen LogP contribution in [-0.4, -0.2) is 20.7 Å². The van der Waals surface area contributed by atoms with E-state index in [4.69, 9.17) is 11.6 Å². The van der Waals surface area contributed by atoms with Crippen molar-refractivity contribution in [3.05, 3.63) is 35.2 Å². The average molecular weight is 296 g/mol. The third-order valence-electron chi connectivity index (χ3n) is 2.24. The van der Waals surface area contributed by atoms with Gasteiger partial charge in [-0.25, -0.2) is 4.39 Å². The van der Waals surface area contributed by atoms with Crippen LogP contribution in [0.15, 0.2) is 24.4 Å². The monoisotopic (exact) mass is 295 g/mol. The van der Waals surface area contributed by atoms with E-state index in [2.05, 4.69) is 25.8 Å². The van der Waals surface area contributed by atoms with Crippen LogP contribution in [0.3, 0.4) is 0 Å². The van der Waals surface area contributed by atoms with Gasteiger partial charge in [-0.2, -0.15) is 10.1 Å². The van der Waals surface area contributed by atoms with E-state index in [9.17, 15) is 4.39 Å². The fraction of sp³-hybridized carbons (Fsp3) is 0.308. The van der Waals surface area contributed by atoms with E-state index in [1.54, 1.807) is 6.07 Å². The Hall–Kier alpha value is -1.95. The summed E-state index contributed by atoms with van der Waals surface area (Å²) in [6, 6.07) is 4.29. The van der Waals surface area contributed by atoms with E-state index in [-0.39, 0.29) is 10.6 Å². The Morgan fingerprint density at radius 1 is 1.25 bits per heavy atom. The molecule has 7 heteroatoms. The van der Waals surface area contributed by atoms with Crippen LogP contribution in [0.4, 0.5) is 21.8 Å². The van der Waals surface area contributed by atoms with Crippen LogP contribution in [0.25, 0.3) is 0 Å². The van der Waals surface area contributed by atoms with Gasteiger partial charge in [-0.15, -0.1) is 5.10 Å². The molecule has 2 aromatic rings. The lowest BCUT2D eigenvalue weighted by Crippen LogP contribution is -2.27. The van der Waals surface area contributed by atoms with E-state index in [0.29, 0.717) is 17.5 Å². The normalized spacial score (nSPS) is 11.2. The Morgan fingerprint density at radius 3 is 2.65 bits per heavy atom. The fourth-order valence-corrected chi connectivity index (χ4v) is 1.68. The molecule has 1 aromatic heterocycles. The van der Waals surface area contributed by atoms with Crippen molar-refractivity contribution in [3.63, 3.8) is 0 Å². The molecular formula is C13H15ClFN5. The number of hydrogen-bond donors (Lipinski definition) is 2. The minimum atomic E-state index is -0.473. The number of hydrogen-bond acceptors (Lipinski definition) is 5. The van der Waals surface area contributed by atoms with Gasteiger partial charge in [0.05, 0.1) is 11.2 Å². The molecule has 2 N–H and O–H groups in total. The maximum atomic E-state index is 13.1. The lowest BCUT2D eigenvalue weighted by Gasteiger charge is -2.20. The Morgan fingerprint density at radius 2 is 2.00 bits per heavy atom. The van der Waals surface area contributed by atoms with Crippen molar-refractivity contribution < 1.29 is 4.39 Å². The first-order valence-corrected chi connectivity index (χ1v) is 6.41. The van der Waals surface area contributed by atoms with Crippen LogP contribution in [0.2, 0.25) is 5.02 Å². The molecule has 20 heavy (non-hydrogen) atoms. The van der Waals surface area contributed by atoms with Gasteiger partial charge < -0.3 is 10.6 Å². The molecule has 1 heterocycles. The SMILES string of the molecule is CC(C)(C)Nc1cnnc(Nc2ccc(F)c(Cl)c2)n1. The number of rotatable bonds is 3. The van der Waals surface area contributed by atoms with Crippen LogP contribution >= 0.6 is 11.6 Å². The van der Waals surface area contributed by atoms with E-state index < -0.39 is 5.82 Å². The van der Waals surface area contributed by atoms with Crippen molar-refractivity contribution in [2.24, 2.45) is 0 Å². The number of nitrogens with one attached hydrogen (secondary N) is 2. The van der Waals surface area contributed by atoms with Gasteiger partial charge in [0, 0.05) is 11.2 Å². The molecule has 0 saturated carbocycles. The molecule has 2 rings (SSSR count). The lowest BCUT2D eigenvalue weighted by atomic mass is 10.1. The molecule has 0 bridgehead atoms. The van der Waals surface area contributed by atoms with Gasteiger partial charge >= 0.3 is 0 Å². The molecule has 0 fully saturated rings. The second kappa shape index (κ2) is 5.58. The smallest absolute Gasteiger partial charge is 0.249 e. The molecule has 0 aliphatic rings. The van der Waals surface area contributed by atoms with E-state index in [1.807, 2.05) is 20.8 Å². The first-order valence-electron chi connectivity index (χ1n) is 6.03. The minimum Gasteiger partial charge on any atom is -0.364 e. The average Bonchev–Trinajstić information content (AvgIpc) is 2.32. The molecule has 5 nitrogen and oxygen atoms in total. The summed E-state index contributed by atoms with van der Waals surface area (Å²) in [5.41, 5.74) is 0.457. The minimum absolute atomic E-state index is 0.0342. The molecule has 106 valence electrons. The van der Waals surface area contributed by atoms with Crippen LogP contribution < -0.4 is 10.6 Å². The standard InChI is InChI=1S/C13H15ClFN5/c1-13(2,3)19-11-7-16-20-12(18-11)17-8-4-5-10(15)9(14)6-8/h4-7H,1-3H3,(H2,17,18,19,20). The second-order valence-corrected chi connectivity index (χ2v) is 5.70. The Labute approximate surface area is 121 Å². The highest BCUT2D eigenvalue weighted by Gasteiger charge is 2.11. The van der Waals surface area contributed by atoms with Gasteiger partial charge in [0.1, 0.15) is 5.82 Å². The third-order valence-corrected chi connectivity index (χ3v) is 2.53. The van der Waals surface area contributed by atoms with Gasteiger partial charge in [-0.1, -0.05) is 11.6 Å². The van der Waals surface area contributed by atoms with Gasteiger partial charge in [0.2, 0.25) is 5.95 Å². The number of benzene rings is 1. The quantitative estimate of drug-likeness (QED) is 0.905. The summed E-state index contributed by atoms with van der Waals surface area (Å²) in [7, 11) is 0. The zero-order valence-electron chi connectivity index (χ0n) is 11.4. The van der Waals surface area contributed by atoms with Crippen molar-refractivity contribution in [2.75, 3.05) is 10.6 Å². The molecule has 0 aliphatic carbocycles. The summed E-state index contributed by atoms with van der Waals surface area (Å²) in [5.74, 6) is 0.435. The van der Waals surface area contributed by atoms with E-state index in [0.717, 1.165) is 0 Å². The zero-order valence-corrected chi connectivity index (χ0v) is 12.2. The molecular weight excluding hydrogens is 281 g/mol. The Balaban J connectivity index is 2.17. The summed E-state index contributed by atoms with van der Waals surface area (Å²) in [4.78, 5) is 4.27. The van der Waals surface area contributed by atoms with Crippen LogP contribution in [-0.2, 0) is 0 Å². The number of halogens is 2. The third kappa shape index (κ3) is 4.03. The molecule has 0 aliphatic heterocycles. The molecule has 0 unspecified atom stereocenters. The maximum absolute atomic E-state index is 13.1. The van der Waals surface area contributed by atoms with Crippen LogP contribution in [0.5, 0.6) is 0 Å². The number of aromatic nitrogens is 3. The predicted octanol–water partition coefficient (Wildman–Crippen LogP) is 3.62. The molecule has 0 amide bonds. The number of nitrogens with zero attached hydrogens (tertiary/aromatic N) is 3. The molecule has 1 aromatic carbocycles. The summed E-state index contributed by atoms with van der Waals surface area (Å²) >= 11 is 5.71. The Bertz CT molecular complexity index is 612. The van der Waals surface area contributed by atoms with Crippen molar-refractivity contribution in [3.8, 4) is 0 Å². The Kier molecular flexibility index (Phi) is 4.04. The molecule has 0 spiro atoms. The largest absolute Gasteiger partial charge is 0.364 e. The first kappa shape index (κ1) is 14.5. The topological polar surface area (TPSA) is 62.7 Å². The summed E-state index contributed by atoms with van der Waals surface area (Å²) in [6.07, 6.45) is 1.54. The molecule has 0 saturated heterocycles. The van der Waals surface area contributed by atoms with Crippen molar-refractivity contribution in [1.82, 2.24) is 15.2 Å². The van der Waals surface area contributed by atoms with E-state index in [1.165, 1.54) is 18.3 Å². The summed E-state index contributed by atoms with van der Waals surface area (Å²) in [5, 5.41) is 13.9. The van der Waals surface area contributed by atoms with Gasteiger partial charge in [0.15, 0.2) is 5.82 Å². The van der Waals surface area contributed by atoms with Crippen molar-refractivity contribution in [1.29, 1.82) is 0 Å². The van der Waals surface area contributed by atoms with Crippen molar-refractivity contribution in [2.45, 2.75) is 26.3 Å². The summed E-state index contributed by atoms with van der Waals surface area (Å²) < 4.78 is 13.1. The van der Waals surface area contributed by atoms with Gasteiger partial charge in [0.25, 0.3) is 0 Å². The predicted molar refractivity (Wildman–Crippen MR) is 77.9 cm³/mol. The van der Waals surface area contributed by atoms with Gasteiger partial charge in [-0.05, 0) is 39.0 Å². The van der Waals surface area contributed by atoms with Crippen LogP contribution in [0, 0.1) is 5.82 Å². The maximum Gasteiger partial charge on any atom is 0.249 e. The highest BCUT2D eigenvalue weighted by atomic mass is 35.5. The molecule has 0 radical (unpaired) electrons. The van der Waals surface area contributed by atoms with Crippen molar-refractivity contribution >= 4 is 29.1 Å². The highest BCUT2D eigenvalue weighted by molar-refractivity contribution is 6.31. The number of anilines is 3. The lowest BCUT2D eigenvalue weighted by molar-refractivity contribution is 0.628.